The molecule has 0 radical (unpaired) electrons. The van der Waals surface area contributed by atoms with Crippen molar-refractivity contribution >= 4 is 39.1 Å². The molecular formula is C30H35ClFN3O4S. The molecule has 0 spiro atoms. The number of benzene rings is 3. The minimum atomic E-state index is -3.80. The van der Waals surface area contributed by atoms with Gasteiger partial charge in [-0.1, -0.05) is 73.1 Å². The van der Waals surface area contributed by atoms with Crippen LogP contribution in [0.5, 0.6) is 0 Å². The molecule has 0 bridgehead atoms. The van der Waals surface area contributed by atoms with E-state index in [0.717, 1.165) is 28.1 Å². The van der Waals surface area contributed by atoms with E-state index in [9.17, 15) is 22.4 Å². The molecule has 0 unspecified atom stereocenters. The van der Waals surface area contributed by atoms with Gasteiger partial charge in [-0.2, -0.15) is 0 Å². The second kappa shape index (κ2) is 14.8. The number of carbonyl (C=O) groups is 2. The number of rotatable bonds is 14. The molecule has 0 aliphatic rings. The van der Waals surface area contributed by atoms with Crippen molar-refractivity contribution in [3.8, 4) is 0 Å². The van der Waals surface area contributed by atoms with Crippen LogP contribution in [0.25, 0.3) is 0 Å². The van der Waals surface area contributed by atoms with Crippen LogP contribution < -0.4 is 9.62 Å². The first-order valence-electron chi connectivity index (χ1n) is 13.2. The Kier molecular flexibility index (Phi) is 11.5. The lowest BCUT2D eigenvalue weighted by molar-refractivity contribution is -0.141. The van der Waals surface area contributed by atoms with E-state index in [2.05, 4.69) is 5.32 Å². The molecule has 214 valence electrons. The van der Waals surface area contributed by atoms with E-state index >= 15 is 0 Å². The molecule has 0 heterocycles. The molecule has 0 saturated carbocycles. The van der Waals surface area contributed by atoms with Gasteiger partial charge in [-0.25, -0.2) is 12.8 Å². The van der Waals surface area contributed by atoms with Crippen molar-refractivity contribution < 1.29 is 22.4 Å². The van der Waals surface area contributed by atoms with Gasteiger partial charge in [0.2, 0.25) is 21.8 Å². The first-order chi connectivity index (χ1) is 19.1. The second-order valence-electron chi connectivity index (χ2n) is 9.53. The van der Waals surface area contributed by atoms with Crippen LogP contribution >= 0.6 is 11.6 Å². The molecule has 3 rings (SSSR count). The van der Waals surface area contributed by atoms with Gasteiger partial charge >= 0.3 is 0 Å². The number of carbonyl (C=O) groups excluding carboxylic acids is 2. The Bertz CT molecular complexity index is 1370. The molecular weight excluding hydrogens is 553 g/mol. The fraction of sp³-hybridized carbons (Fsp3) is 0.333. The maximum absolute atomic E-state index is 14.4. The monoisotopic (exact) mass is 587 g/mol. The molecule has 2 amide bonds. The van der Waals surface area contributed by atoms with Gasteiger partial charge in [-0.15, -0.1) is 0 Å². The second-order valence-corrected chi connectivity index (χ2v) is 11.9. The third-order valence-corrected chi connectivity index (χ3v) is 7.79. The van der Waals surface area contributed by atoms with E-state index in [4.69, 9.17) is 11.6 Å². The molecule has 7 nitrogen and oxygen atoms in total. The Labute approximate surface area is 241 Å². The van der Waals surface area contributed by atoms with Gasteiger partial charge in [0.1, 0.15) is 11.9 Å². The normalized spacial score (nSPS) is 12.0. The smallest absolute Gasteiger partial charge is 0.243 e. The summed E-state index contributed by atoms with van der Waals surface area (Å²) in [5.74, 6) is -1.25. The highest BCUT2D eigenvalue weighted by molar-refractivity contribution is 7.92. The number of sulfonamides is 1. The van der Waals surface area contributed by atoms with Crippen molar-refractivity contribution in [2.75, 3.05) is 23.7 Å². The van der Waals surface area contributed by atoms with Crippen molar-refractivity contribution in [3.05, 3.63) is 101 Å². The number of para-hydroxylation sites is 1. The molecule has 40 heavy (non-hydrogen) atoms. The van der Waals surface area contributed by atoms with Crippen molar-refractivity contribution in [3.63, 3.8) is 0 Å². The summed E-state index contributed by atoms with van der Waals surface area (Å²) in [5, 5.41) is 3.47. The maximum Gasteiger partial charge on any atom is 0.243 e. The summed E-state index contributed by atoms with van der Waals surface area (Å²) >= 11 is 6.06. The summed E-state index contributed by atoms with van der Waals surface area (Å²) in [6.07, 6.45) is 2.14. The SMILES string of the molecule is CCCNC(=O)[C@H](Cc1ccccc1)N(Cc1ccc(Cl)cc1)C(=O)CCCN(c1ccccc1F)S(C)(=O)=O. The van der Waals surface area contributed by atoms with E-state index in [1.807, 2.05) is 37.3 Å². The molecule has 0 saturated heterocycles. The Morgan fingerprint density at radius 2 is 1.60 bits per heavy atom. The van der Waals surface area contributed by atoms with E-state index in [1.54, 1.807) is 30.3 Å². The fourth-order valence-electron chi connectivity index (χ4n) is 4.34. The standard InChI is InChI=1S/C30H35ClFN3O4S/c1-3-19-33-30(37)28(21-23-10-5-4-6-11-23)34(22-24-15-17-25(31)18-16-24)29(36)14-9-20-35(40(2,38)39)27-13-8-7-12-26(27)32/h4-8,10-13,15-18,28H,3,9,14,19-22H2,1-2H3,(H,33,37)/t28-/m0/s1. The molecule has 0 aliphatic carbocycles. The predicted molar refractivity (Wildman–Crippen MR) is 157 cm³/mol. The van der Waals surface area contributed by atoms with Crippen LogP contribution in [0.1, 0.15) is 37.3 Å². The highest BCUT2D eigenvalue weighted by atomic mass is 35.5. The molecule has 0 aliphatic heterocycles. The van der Waals surface area contributed by atoms with Gasteiger partial charge in [0.15, 0.2) is 0 Å². The number of amides is 2. The molecule has 1 atom stereocenters. The van der Waals surface area contributed by atoms with E-state index in [-0.39, 0.29) is 43.4 Å². The molecule has 3 aromatic rings. The van der Waals surface area contributed by atoms with E-state index in [0.29, 0.717) is 18.0 Å². The van der Waals surface area contributed by atoms with Crippen molar-refractivity contribution in [1.29, 1.82) is 0 Å². The minimum Gasteiger partial charge on any atom is -0.354 e. The fourth-order valence-corrected chi connectivity index (χ4v) is 5.43. The van der Waals surface area contributed by atoms with Crippen molar-refractivity contribution in [2.45, 2.75) is 45.2 Å². The van der Waals surface area contributed by atoms with Gasteiger partial charge in [-0.05, 0) is 48.2 Å². The molecule has 0 fully saturated rings. The molecule has 0 aromatic heterocycles. The number of nitrogens with zero attached hydrogens (tertiary/aromatic N) is 2. The van der Waals surface area contributed by atoms with Crippen LogP contribution in [0.4, 0.5) is 10.1 Å². The summed E-state index contributed by atoms with van der Waals surface area (Å²) in [5.41, 5.74) is 1.62. The zero-order chi connectivity index (χ0) is 29.1. The number of hydrogen-bond acceptors (Lipinski definition) is 4. The van der Waals surface area contributed by atoms with Crippen LogP contribution in [0.15, 0.2) is 78.9 Å². The summed E-state index contributed by atoms with van der Waals surface area (Å²) < 4.78 is 40.3. The van der Waals surface area contributed by atoms with Gasteiger partial charge < -0.3 is 10.2 Å². The van der Waals surface area contributed by atoms with Gasteiger partial charge in [0.25, 0.3) is 0 Å². The zero-order valence-corrected chi connectivity index (χ0v) is 24.3. The highest BCUT2D eigenvalue weighted by Gasteiger charge is 2.30. The van der Waals surface area contributed by atoms with Crippen molar-refractivity contribution in [2.24, 2.45) is 0 Å². The predicted octanol–water partition coefficient (Wildman–Crippen LogP) is 5.19. The lowest BCUT2D eigenvalue weighted by Crippen LogP contribution is -2.50. The van der Waals surface area contributed by atoms with Crippen molar-refractivity contribution in [1.82, 2.24) is 10.2 Å². The van der Waals surface area contributed by atoms with Crippen LogP contribution in [0.2, 0.25) is 5.02 Å². The Balaban J connectivity index is 1.87. The van der Waals surface area contributed by atoms with Gasteiger partial charge in [0, 0.05) is 37.5 Å². The number of anilines is 1. The molecule has 3 aromatic carbocycles. The third-order valence-electron chi connectivity index (χ3n) is 6.36. The topological polar surface area (TPSA) is 86.8 Å². The average Bonchev–Trinajstić information content (AvgIpc) is 2.93. The van der Waals surface area contributed by atoms with Crippen LogP contribution in [0.3, 0.4) is 0 Å². The summed E-state index contributed by atoms with van der Waals surface area (Å²) in [6, 6.07) is 21.3. The third kappa shape index (κ3) is 9.06. The van der Waals surface area contributed by atoms with Gasteiger partial charge in [0.05, 0.1) is 11.9 Å². The maximum atomic E-state index is 14.4. The van der Waals surface area contributed by atoms with E-state index < -0.39 is 21.9 Å². The number of nitrogens with one attached hydrogen (secondary N) is 1. The lowest BCUT2D eigenvalue weighted by atomic mass is 10.0. The number of halogens is 2. The summed E-state index contributed by atoms with van der Waals surface area (Å²) in [4.78, 5) is 28.7. The number of hydrogen-bond donors (Lipinski definition) is 1. The van der Waals surface area contributed by atoms with E-state index in [1.165, 1.54) is 23.1 Å². The Morgan fingerprint density at radius 1 is 0.950 bits per heavy atom. The van der Waals surface area contributed by atoms with Crippen LogP contribution in [0, 0.1) is 5.82 Å². The van der Waals surface area contributed by atoms with Crippen LogP contribution in [-0.4, -0.2) is 50.5 Å². The first kappa shape index (κ1) is 31.1. The summed E-state index contributed by atoms with van der Waals surface area (Å²) in [7, 11) is -3.80. The highest BCUT2D eigenvalue weighted by Crippen LogP contribution is 2.23. The molecule has 1 N–H and O–H groups in total. The Morgan fingerprint density at radius 3 is 2.23 bits per heavy atom. The minimum absolute atomic E-state index is 0.0413. The Hall–Kier alpha value is -3.43. The lowest BCUT2D eigenvalue weighted by Gasteiger charge is -2.32. The first-order valence-corrected chi connectivity index (χ1v) is 15.4. The summed E-state index contributed by atoms with van der Waals surface area (Å²) in [6.45, 7) is 2.49. The zero-order valence-electron chi connectivity index (χ0n) is 22.7. The quantitative estimate of drug-likeness (QED) is 0.281. The van der Waals surface area contributed by atoms with Gasteiger partial charge in [-0.3, -0.25) is 13.9 Å². The largest absolute Gasteiger partial charge is 0.354 e. The van der Waals surface area contributed by atoms with Crippen LogP contribution in [-0.2, 0) is 32.6 Å². The average molecular weight is 588 g/mol. The molecule has 10 heteroatoms.